The van der Waals surface area contributed by atoms with Crippen molar-refractivity contribution >= 4 is 20.1 Å². The molecule has 0 aliphatic carbocycles. The third-order valence-electron chi connectivity index (χ3n) is 10.4. The Hall–Kier alpha value is -3.84. The largest absolute Gasteiger partial charge is 0.619 e. The lowest BCUT2D eigenvalue weighted by atomic mass is 9.84. The highest BCUT2D eigenvalue weighted by atomic mass is 28.4. The molecule has 0 saturated carbocycles. The van der Waals surface area contributed by atoms with Crippen LogP contribution in [0.5, 0.6) is 17.2 Å². The lowest BCUT2D eigenvalue weighted by Crippen LogP contribution is -2.59. The number of anilines is 1. The van der Waals surface area contributed by atoms with E-state index in [9.17, 15) is 15.1 Å². The molecule has 2 aliphatic heterocycles. The number of rotatable bonds is 15. The molecule has 5 rings (SSSR count). The maximum atomic E-state index is 12.6. The van der Waals surface area contributed by atoms with Gasteiger partial charge < -0.3 is 43.5 Å². The number of hydrogen-bond donors (Lipinski definition) is 1. The number of benzene rings is 2. The van der Waals surface area contributed by atoms with Gasteiger partial charge in [-0.1, -0.05) is 59.7 Å². The van der Waals surface area contributed by atoms with Crippen molar-refractivity contribution in [3.63, 3.8) is 0 Å². The van der Waals surface area contributed by atoms with Crippen LogP contribution in [0, 0.1) is 5.21 Å². The number of amides is 1. The number of fused-ring (bicyclic) bond motifs is 1. The average molecular weight is 722 g/mol. The van der Waals surface area contributed by atoms with Crippen LogP contribution in [0.4, 0.5) is 10.5 Å². The van der Waals surface area contributed by atoms with Gasteiger partial charge in [0.05, 0.1) is 37.6 Å². The van der Waals surface area contributed by atoms with Gasteiger partial charge in [-0.2, -0.15) is 4.73 Å². The summed E-state index contributed by atoms with van der Waals surface area (Å²) in [6.45, 7) is 17.2. The Kier molecular flexibility index (Phi) is 12.9. The topological polar surface area (TPSA) is 117 Å². The number of ether oxygens (including phenoxy) is 4. The molecule has 3 unspecified atom stereocenters. The Labute approximate surface area is 303 Å². The fourth-order valence-electron chi connectivity index (χ4n) is 8.13. The highest BCUT2D eigenvalue weighted by molar-refractivity contribution is 6.77. The smallest absolute Gasteiger partial charge is 0.407 e. The lowest BCUT2D eigenvalue weighted by Gasteiger charge is -2.50. The predicted octanol–water partition coefficient (Wildman–Crippen LogP) is 7.57. The van der Waals surface area contributed by atoms with E-state index in [0.29, 0.717) is 52.7 Å². The van der Waals surface area contributed by atoms with Crippen LogP contribution in [0.3, 0.4) is 0 Å². The second-order valence-corrected chi connectivity index (χ2v) is 20.0. The maximum absolute atomic E-state index is 12.6. The Bertz CT molecular complexity index is 1570. The van der Waals surface area contributed by atoms with Gasteiger partial charge in [0.2, 0.25) is 14.5 Å². The predicted molar refractivity (Wildman–Crippen MR) is 199 cm³/mol. The summed E-state index contributed by atoms with van der Waals surface area (Å²) in [5, 5.41) is 22.1. The van der Waals surface area contributed by atoms with Gasteiger partial charge in [-0.25, -0.2) is 4.79 Å². The first-order valence-electron chi connectivity index (χ1n) is 18.2. The Morgan fingerprint density at radius 3 is 2.35 bits per heavy atom. The molecule has 3 atom stereocenters. The van der Waals surface area contributed by atoms with Crippen molar-refractivity contribution in [3.8, 4) is 17.2 Å². The number of pyridine rings is 1. The summed E-state index contributed by atoms with van der Waals surface area (Å²) < 4.78 is 32.2. The molecule has 2 aliphatic rings. The first-order chi connectivity index (χ1) is 24.4. The van der Waals surface area contributed by atoms with E-state index >= 15 is 0 Å². The van der Waals surface area contributed by atoms with Crippen molar-refractivity contribution < 1.29 is 38.0 Å². The fourth-order valence-corrected chi connectivity index (χ4v) is 13.7. The van der Waals surface area contributed by atoms with Gasteiger partial charge in [-0.15, -0.1) is 0 Å². The maximum Gasteiger partial charge on any atom is 0.407 e. The van der Waals surface area contributed by atoms with Crippen LogP contribution in [-0.2, 0) is 20.5 Å². The number of aromatic nitrogens is 1. The van der Waals surface area contributed by atoms with E-state index in [1.165, 1.54) is 17.3 Å². The van der Waals surface area contributed by atoms with Crippen molar-refractivity contribution in [2.45, 2.75) is 89.3 Å². The summed E-state index contributed by atoms with van der Waals surface area (Å²) in [7, 11) is -0.718. The zero-order chi connectivity index (χ0) is 36.7. The number of methoxy groups -OCH3 is 1. The minimum Gasteiger partial charge on any atom is -0.619 e. The van der Waals surface area contributed by atoms with E-state index in [2.05, 4.69) is 52.5 Å². The molecule has 278 valence electrons. The minimum absolute atomic E-state index is 0.211. The lowest BCUT2D eigenvalue weighted by molar-refractivity contribution is -0.605. The Morgan fingerprint density at radius 2 is 1.71 bits per heavy atom. The molecule has 1 saturated heterocycles. The Balaban J connectivity index is 1.48. The molecular formula is C39H55N3O8Si. The van der Waals surface area contributed by atoms with Crippen molar-refractivity contribution in [1.82, 2.24) is 4.90 Å². The number of piperidine rings is 1. The van der Waals surface area contributed by atoms with E-state index < -0.39 is 26.6 Å². The summed E-state index contributed by atoms with van der Waals surface area (Å²) in [6.07, 6.45) is 1.81. The van der Waals surface area contributed by atoms with E-state index in [0.717, 1.165) is 42.1 Å². The van der Waals surface area contributed by atoms with Crippen LogP contribution < -0.4 is 19.1 Å². The van der Waals surface area contributed by atoms with Crippen LogP contribution in [0.1, 0.15) is 65.0 Å². The molecule has 0 spiro atoms. The SMILES string of the molecule is COCCCN1CCOc2ccc(COC3CN(C(=O)O)CC(O[Si](C(C)C)(C(C)C)C(C)C)C3c3ccc(Oc4ccc[n+]([O-])c4)cc3)cc21. The molecule has 0 radical (unpaired) electrons. The molecule has 1 amide bonds. The van der Waals surface area contributed by atoms with E-state index in [1.54, 1.807) is 19.2 Å². The number of hydrogen-bond acceptors (Lipinski definition) is 8. The highest BCUT2D eigenvalue weighted by Gasteiger charge is 2.51. The van der Waals surface area contributed by atoms with Crippen molar-refractivity contribution in [3.05, 3.63) is 83.3 Å². The van der Waals surface area contributed by atoms with Crippen LogP contribution in [-0.4, -0.2) is 83.1 Å². The molecule has 1 N–H and O–H groups in total. The highest BCUT2D eigenvalue weighted by Crippen LogP contribution is 2.46. The zero-order valence-corrected chi connectivity index (χ0v) is 32.1. The van der Waals surface area contributed by atoms with Gasteiger partial charge >= 0.3 is 6.09 Å². The normalized spacial score (nSPS) is 19.4. The molecule has 0 bridgehead atoms. The van der Waals surface area contributed by atoms with Crippen LogP contribution in [0.15, 0.2) is 67.0 Å². The standard InChI is InChI=1S/C39H55N3O8Si/c1-27(2)51(28(3)4,29(5)6)50-37-25-41(39(43)44)24-36(38(37)31-12-14-32(15-13-31)49-33-10-8-18-42(45)23-33)48-26-30-11-16-35-34(22-30)40(19-21-47-35)17-9-20-46-7/h8,10-16,18,22-23,27-29,36-38H,9,17,19-21,24-26H2,1-7H3,(H,43,44). The average Bonchev–Trinajstić information content (AvgIpc) is 3.09. The minimum atomic E-state index is -2.44. The number of carbonyl (C=O) groups is 1. The van der Waals surface area contributed by atoms with Crippen molar-refractivity contribution in [2.75, 3.05) is 51.4 Å². The number of nitrogens with zero attached hydrogens (tertiary/aromatic N) is 3. The van der Waals surface area contributed by atoms with E-state index in [4.69, 9.17) is 23.4 Å². The second-order valence-electron chi connectivity index (χ2n) is 14.6. The van der Waals surface area contributed by atoms with E-state index in [-0.39, 0.29) is 19.0 Å². The molecule has 1 aromatic heterocycles. The second kappa shape index (κ2) is 17.1. The molecule has 12 heteroatoms. The molecule has 2 aromatic carbocycles. The van der Waals surface area contributed by atoms with Gasteiger partial charge in [-0.3, -0.25) is 0 Å². The molecular weight excluding hydrogens is 667 g/mol. The summed E-state index contributed by atoms with van der Waals surface area (Å²) in [4.78, 5) is 16.4. The van der Waals surface area contributed by atoms with Crippen LogP contribution in [0.2, 0.25) is 16.6 Å². The van der Waals surface area contributed by atoms with E-state index in [1.807, 2.05) is 36.4 Å². The quantitative estimate of drug-likeness (QED) is 0.0734. The summed E-state index contributed by atoms with van der Waals surface area (Å²) in [5.41, 5.74) is 3.94. The summed E-state index contributed by atoms with van der Waals surface area (Å²) >= 11 is 0. The van der Waals surface area contributed by atoms with Gasteiger partial charge in [0.15, 0.2) is 11.9 Å². The third kappa shape index (κ3) is 8.97. The first kappa shape index (κ1) is 38.4. The zero-order valence-electron chi connectivity index (χ0n) is 31.1. The molecule has 11 nitrogen and oxygen atoms in total. The number of likely N-dealkylation sites (tertiary alicyclic amines) is 1. The number of carboxylic acid groups (broad SMARTS) is 1. The molecule has 3 heterocycles. The van der Waals surface area contributed by atoms with Gasteiger partial charge in [0, 0.05) is 38.8 Å². The molecule has 3 aromatic rings. The van der Waals surface area contributed by atoms with Crippen molar-refractivity contribution in [1.29, 1.82) is 0 Å². The summed E-state index contributed by atoms with van der Waals surface area (Å²) in [5.74, 6) is 1.63. The monoisotopic (exact) mass is 721 g/mol. The third-order valence-corrected chi connectivity index (χ3v) is 16.5. The van der Waals surface area contributed by atoms with Gasteiger partial charge in [0.25, 0.3) is 0 Å². The van der Waals surface area contributed by atoms with Gasteiger partial charge in [0.1, 0.15) is 18.1 Å². The van der Waals surface area contributed by atoms with Crippen molar-refractivity contribution in [2.24, 2.45) is 0 Å². The van der Waals surface area contributed by atoms with Crippen LogP contribution in [0.25, 0.3) is 0 Å². The summed E-state index contributed by atoms with van der Waals surface area (Å²) in [6, 6.07) is 17.3. The Morgan fingerprint density at radius 1 is 1.00 bits per heavy atom. The molecule has 51 heavy (non-hydrogen) atoms. The fraction of sp³-hybridized carbons (Fsp3) is 0.538. The van der Waals surface area contributed by atoms with Gasteiger partial charge in [-0.05, 0) is 64.5 Å². The first-order valence-corrected chi connectivity index (χ1v) is 20.3. The van der Waals surface area contributed by atoms with Crippen LogP contribution >= 0.6 is 0 Å². The molecule has 1 fully saturated rings.